The molecular weight excluding hydrogens is 279 g/mol. The Balaban J connectivity index is 1.98. The molecule has 0 aliphatic carbocycles. The molecule has 0 spiro atoms. The first kappa shape index (κ1) is 15.2. The maximum atomic E-state index is 12.5. The van der Waals surface area contributed by atoms with Gasteiger partial charge in [0.05, 0.1) is 12.2 Å². The summed E-state index contributed by atoms with van der Waals surface area (Å²) < 4.78 is 42.8. The van der Waals surface area contributed by atoms with E-state index in [4.69, 9.17) is 4.74 Å². The zero-order valence-corrected chi connectivity index (χ0v) is 11.6. The molecule has 21 heavy (non-hydrogen) atoms. The van der Waals surface area contributed by atoms with Crippen molar-refractivity contribution in [3.05, 3.63) is 59.7 Å². The molecule has 0 heterocycles. The van der Waals surface area contributed by atoms with Gasteiger partial charge in [-0.05, 0) is 36.8 Å². The second-order valence-electron chi connectivity index (χ2n) is 4.51. The van der Waals surface area contributed by atoms with Crippen molar-refractivity contribution in [3.8, 4) is 5.75 Å². The van der Waals surface area contributed by atoms with Crippen molar-refractivity contribution < 1.29 is 17.9 Å². The molecule has 2 aromatic carbocycles. The summed E-state index contributed by atoms with van der Waals surface area (Å²) >= 11 is 0. The van der Waals surface area contributed by atoms with Crippen LogP contribution < -0.4 is 10.1 Å². The summed E-state index contributed by atoms with van der Waals surface area (Å²) in [6.45, 7) is 2.94. The molecule has 112 valence electrons. The number of benzene rings is 2. The third kappa shape index (κ3) is 4.41. The zero-order valence-electron chi connectivity index (χ0n) is 11.6. The number of hydrogen-bond acceptors (Lipinski definition) is 2. The van der Waals surface area contributed by atoms with E-state index in [1.165, 1.54) is 12.1 Å². The topological polar surface area (TPSA) is 21.3 Å². The van der Waals surface area contributed by atoms with E-state index >= 15 is 0 Å². The van der Waals surface area contributed by atoms with Crippen molar-refractivity contribution in [1.29, 1.82) is 0 Å². The van der Waals surface area contributed by atoms with Crippen LogP contribution in [0.1, 0.15) is 18.1 Å². The Labute approximate surface area is 121 Å². The molecular formula is C16H16F3NO. The quantitative estimate of drug-likeness (QED) is 0.862. The number of rotatable bonds is 5. The molecule has 1 N–H and O–H groups in total. The Morgan fingerprint density at radius 3 is 2.38 bits per heavy atom. The summed E-state index contributed by atoms with van der Waals surface area (Å²) in [4.78, 5) is 0. The number of ether oxygens (including phenoxy) is 1. The lowest BCUT2D eigenvalue weighted by Crippen LogP contribution is -2.05. The van der Waals surface area contributed by atoms with E-state index in [1.54, 1.807) is 0 Å². The maximum absolute atomic E-state index is 12.5. The predicted molar refractivity (Wildman–Crippen MR) is 76.4 cm³/mol. The van der Waals surface area contributed by atoms with Crippen molar-refractivity contribution in [3.63, 3.8) is 0 Å². The maximum Gasteiger partial charge on any atom is 0.416 e. The third-order valence-corrected chi connectivity index (χ3v) is 2.92. The highest BCUT2D eigenvalue weighted by molar-refractivity contribution is 5.48. The van der Waals surface area contributed by atoms with Crippen LogP contribution in [0, 0.1) is 0 Å². The molecule has 2 aromatic rings. The largest absolute Gasteiger partial charge is 0.494 e. The molecule has 0 unspecified atom stereocenters. The summed E-state index contributed by atoms with van der Waals surface area (Å²) in [5.74, 6) is 0.759. The van der Waals surface area contributed by atoms with Gasteiger partial charge >= 0.3 is 6.18 Å². The average Bonchev–Trinajstić information content (AvgIpc) is 2.45. The molecule has 0 fully saturated rings. The standard InChI is InChI=1S/C16H16F3NO/c1-2-21-15-5-3-4-14(10-15)20-11-12-6-8-13(9-7-12)16(17,18)19/h3-10,20H,2,11H2,1H3. The van der Waals surface area contributed by atoms with E-state index in [-0.39, 0.29) is 0 Å². The second kappa shape index (κ2) is 6.52. The first-order valence-electron chi connectivity index (χ1n) is 6.62. The van der Waals surface area contributed by atoms with Gasteiger partial charge in [0.25, 0.3) is 0 Å². The van der Waals surface area contributed by atoms with Crippen molar-refractivity contribution in [2.24, 2.45) is 0 Å². The molecule has 2 nitrogen and oxygen atoms in total. The smallest absolute Gasteiger partial charge is 0.416 e. The molecule has 0 aliphatic heterocycles. The van der Waals surface area contributed by atoms with Gasteiger partial charge in [-0.2, -0.15) is 13.2 Å². The molecule has 0 radical (unpaired) electrons. The van der Waals surface area contributed by atoms with E-state index < -0.39 is 11.7 Å². The highest BCUT2D eigenvalue weighted by Crippen LogP contribution is 2.29. The Morgan fingerprint density at radius 1 is 1.05 bits per heavy atom. The van der Waals surface area contributed by atoms with E-state index in [1.807, 2.05) is 31.2 Å². The van der Waals surface area contributed by atoms with Crippen molar-refractivity contribution in [2.45, 2.75) is 19.6 Å². The van der Waals surface area contributed by atoms with Gasteiger partial charge in [0, 0.05) is 18.3 Å². The van der Waals surface area contributed by atoms with Gasteiger partial charge in [0.1, 0.15) is 5.75 Å². The monoisotopic (exact) mass is 295 g/mol. The minimum Gasteiger partial charge on any atom is -0.494 e. The summed E-state index contributed by atoms with van der Waals surface area (Å²) in [6, 6.07) is 12.6. The van der Waals surface area contributed by atoms with Crippen LogP contribution >= 0.6 is 0 Å². The fraction of sp³-hybridized carbons (Fsp3) is 0.250. The van der Waals surface area contributed by atoms with Crippen molar-refractivity contribution in [2.75, 3.05) is 11.9 Å². The first-order chi connectivity index (χ1) is 9.99. The summed E-state index contributed by atoms with van der Waals surface area (Å²) in [7, 11) is 0. The Hall–Kier alpha value is -2.17. The molecule has 0 atom stereocenters. The summed E-state index contributed by atoms with van der Waals surface area (Å²) in [5, 5.41) is 3.16. The molecule has 0 aliphatic rings. The van der Waals surface area contributed by atoms with Gasteiger partial charge < -0.3 is 10.1 Å². The minimum atomic E-state index is -4.29. The lowest BCUT2D eigenvalue weighted by Gasteiger charge is -2.10. The van der Waals surface area contributed by atoms with Crippen molar-refractivity contribution in [1.82, 2.24) is 0 Å². The molecule has 0 saturated carbocycles. The van der Waals surface area contributed by atoms with Crippen molar-refractivity contribution >= 4 is 5.69 Å². The molecule has 0 aromatic heterocycles. The Kier molecular flexibility index (Phi) is 4.73. The van der Waals surface area contributed by atoms with Gasteiger partial charge in [-0.3, -0.25) is 0 Å². The van der Waals surface area contributed by atoms with E-state index in [0.717, 1.165) is 29.1 Å². The highest BCUT2D eigenvalue weighted by atomic mass is 19.4. The van der Waals surface area contributed by atoms with Crippen LogP contribution in [0.5, 0.6) is 5.75 Å². The first-order valence-corrected chi connectivity index (χ1v) is 6.62. The zero-order chi connectivity index (χ0) is 15.3. The van der Waals surface area contributed by atoms with Gasteiger partial charge in [-0.1, -0.05) is 18.2 Å². The van der Waals surface area contributed by atoms with Gasteiger partial charge in [0.2, 0.25) is 0 Å². The summed E-state index contributed by atoms with van der Waals surface area (Å²) in [6.07, 6.45) is -4.29. The van der Waals surface area contributed by atoms with Gasteiger partial charge in [0.15, 0.2) is 0 Å². The normalized spacial score (nSPS) is 11.2. The van der Waals surface area contributed by atoms with Crippen LogP contribution in [0.3, 0.4) is 0 Å². The van der Waals surface area contributed by atoms with Crippen LogP contribution in [-0.2, 0) is 12.7 Å². The van der Waals surface area contributed by atoms with Gasteiger partial charge in [-0.25, -0.2) is 0 Å². The lowest BCUT2D eigenvalue weighted by molar-refractivity contribution is -0.137. The third-order valence-electron chi connectivity index (χ3n) is 2.92. The highest BCUT2D eigenvalue weighted by Gasteiger charge is 2.29. The molecule has 0 bridgehead atoms. The van der Waals surface area contributed by atoms with E-state index in [0.29, 0.717) is 13.2 Å². The van der Waals surface area contributed by atoms with Crippen LogP contribution in [0.4, 0.5) is 18.9 Å². The molecule has 2 rings (SSSR count). The van der Waals surface area contributed by atoms with E-state index in [2.05, 4.69) is 5.32 Å². The Bertz CT molecular complexity index is 579. The van der Waals surface area contributed by atoms with E-state index in [9.17, 15) is 13.2 Å². The number of nitrogens with one attached hydrogen (secondary N) is 1. The predicted octanol–water partition coefficient (Wildman–Crippen LogP) is 4.72. The second-order valence-corrected chi connectivity index (χ2v) is 4.51. The average molecular weight is 295 g/mol. The SMILES string of the molecule is CCOc1cccc(NCc2ccc(C(F)(F)F)cc2)c1. The lowest BCUT2D eigenvalue weighted by atomic mass is 10.1. The van der Waals surface area contributed by atoms with Crippen LogP contribution in [-0.4, -0.2) is 6.61 Å². The fourth-order valence-electron chi connectivity index (χ4n) is 1.88. The molecule has 5 heteroatoms. The number of halogens is 3. The fourth-order valence-corrected chi connectivity index (χ4v) is 1.88. The number of alkyl halides is 3. The van der Waals surface area contributed by atoms with Crippen LogP contribution in [0.2, 0.25) is 0 Å². The Morgan fingerprint density at radius 2 is 1.76 bits per heavy atom. The number of hydrogen-bond donors (Lipinski definition) is 1. The van der Waals surface area contributed by atoms with Crippen LogP contribution in [0.25, 0.3) is 0 Å². The summed E-state index contributed by atoms with van der Waals surface area (Å²) in [5.41, 5.74) is 1.01. The molecule has 0 amide bonds. The van der Waals surface area contributed by atoms with Gasteiger partial charge in [-0.15, -0.1) is 0 Å². The van der Waals surface area contributed by atoms with Crippen LogP contribution in [0.15, 0.2) is 48.5 Å². The number of anilines is 1. The minimum absolute atomic E-state index is 0.452. The molecule has 0 saturated heterocycles.